The van der Waals surface area contributed by atoms with Gasteiger partial charge in [0.2, 0.25) is 0 Å². The van der Waals surface area contributed by atoms with Crippen LogP contribution < -0.4 is 20.2 Å². The summed E-state index contributed by atoms with van der Waals surface area (Å²) in [6.07, 6.45) is 1.55. The first kappa shape index (κ1) is 22.0. The van der Waals surface area contributed by atoms with E-state index in [4.69, 9.17) is 9.47 Å². The van der Waals surface area contributed by atoms with E-state index in [9.17, 15) is 4.79 Å². The van der Waals surface area contributed by atoms with Crippen LogP contribution in [-0.4, -0.2) is 26.0 Å². The molecule has 2 aromatic rings. The van der Waals surface area contributed by atoms with E-state index in [0.29, 0.717) is 18.1 Å². The molecule has 0 saturated carbocycles. The highest BCUT2D eigenvalue weighted by Crippen LogP contribution is 2.27. The molecule has 0 aromatic heterocycles. The summed E-state index contributed by atoms with van der Waals surface area (Å²) in [5.41, 5.74) is 5.70. The molecule has 2 amide bonds. The maximum atomic E-state index is 12.3. The number of urea groups is 1. The Morgan fingerprint density at radius 1 is 1.21 bits per heavy atom. The van der Waals surface area contributed by atoms with Gasteiger partial charge in [0.25, 0.3) is 0 Å². The van der Waals surface area contributed by atoms with Crippen LogP contribution in [0.1, 0.15) is 44.4 Å². The molecule has 0 saturated heterocycles. The lowest BCUT2D eigenvalue weighted by Crippen LogP contribution is -2.45. The molecule has 6 nitrogen and oxygen atoms in total. The number of rotatable bonds is 8. The maximum absolute atomic E-state index is 12.3. The molecule has 0 aliphatic carbocycles. The van der Waals surface area contributed by atoms with Gasteiger partial charge in [-0.3, -0.25) is 0 Å². The van der Waals surface area contributed by atoms with Crippen molar-refractivity contribution in [1.82, 2.24) is 10.7 Å². The van der Waals surface area contributed by atoms with Crippen molar-refractivity contribution in [3.05, 3.63) is 65.7 Å². The van der Waals surface area contributed by atoms with Crippen LogP contribution >= 0.6 is 0 Å². The van der Waals surface area contributed by atoms with Gasteiger partial charge in [0.15, 0.2) is 11.5 Å². The first-order valence-electron chi connectivity index (χ1n) is 9.45. The largest absolute Gasteiger partial charge is 0.493 e. The van der Waals surface area contributed by atoms with Crippen molar-refractivity contribution in [2.45, 2.75) is 33.2 Å². The Labute approximate surface area is 172 Å². The summed E-state index contributed by atoms with van der Waals surface area (Å²) in [7, 11) is 1.58. The normalized spacial score (nSPS) is 11.2. The molecular formula is C23H29N3O3. The maximum Gasteiger partial charge on any atom is 0.335 e. The Bertz CT molecular complexity index is 904. The predicted octanol–water partition coefficient (Wildman–Crippen LogP) is 4.70. The van der Waals surface area contributed by atoms with Crippen molar-refractivity contribution < 1.29 is 14.3 Å². The molecule has 0 unspecified atom stereocenters. The molecule has 2 rings (SSSR count). The summed E-state index contributed by atoms with van der Waals surface area (Å²) in [5.74, 6) is 1.27. The number of carbonyl (C=O) groups is 1. The van der Waals surface area contributed by atoms with E-state index in [2.05, 4.69) is 22.4 Å². The van der Waals surface area contributed by atoms with E-state index in [1.807, 2.05) is 58.0 Å². The molecule has 0 heterocycles. The zero-order valence-corrected chi connectivity index (χ0v) is 17.7. The first-order valence-corrected chi connectivity index (χ1v) is 9.45. The zero-order valence-electron chi connectivity index (χ0n) is 17.7. The van der Waals surface area contributed by atoms with Gasteiger partial charge in [-0.2, -0.15) is 5.10 Å². The second kappa shape index (κ2) is 9.78. The van der Waals surface area contributed by atoms with Gasteiger partial charge in [-0.25, -0.2) is 10.2 Å². The number of hydrazone groups is 1. The van der Waals surface area contributed by atoms with E-state index in [1.165, 1.54) is 0 Å². The number of allylic oxidation sites excluding steroid dienone is 1. The fourth-order valence-electron chi connectivity index (χ4n) is 2.76. The van der Waals surface area contributed by atoms with Crippen molar-refractivity contribution in [3.63, 3.8) is 0 Å². The third-order valence-corrected chi connectivity index (χ3v) is 4.37. The Kier molecular flexibility index (Phi) is 7.42. The molecule has 6 heteroatoms. The second-order valence-corrected chi connectivity index (χ2v) is 7.15. The molecule has 2 N–H and O–H groups in total. The van der Waals surface area contributed by atoms with Crippen LogP contribution in [0, 0.1) is 0 Å². The topological polar surface area (TPSA) is 72.0 Å². The Hall–Kier alpha value is -3.28. The molecule has 154 valence electrons. The minimum absolute atomic E-state index is 0.398. The molecule has 0 aliphatic rings. The summed E-state index contributed by atoms with van der Waals surface area (Å²) >= 11 is 0. The molecule has 0 spiro atoms. The van der Waals surface area contributed by atoms with Gasteiger partial charge in [0.1, 0.15) is 0 Å². The van der Waals surface area contributed by atoms with Gasteiger partial charge in [0.05, 0.1) is 25.5 Å². The number of nitrogens with zero attached hydrogens (tertiary/aromatic N) is 1. The van der Waals surface area contributed by atoms with Crippen molar-refractivity contribution >= 4 is 17.8 Å². The highest BCUT2D eigenvalue weighted by Gasteiger charge is 2.23. The third-order valence-electron chi connectivity index (χ3n) is 4.37. The van der Waals surface area contributed by atoms with E-state index in [-0.39, 0.29) is 0 Å². The monoisotopic (exact) mass is 395 g/mol. The SMILES string of the molecule is C=C(C)c1cccc(C(C)(C)NC(=O)NN=Cc2ccc(OCC)c(OC)c2)c1. The average Bonchev–Trinajstić information content (AvgIpc) is 2.69. The van der Waals surface area contributed by atoms with Crippen LogP contribution in [0.4, 0.5) is 4.79 Å². The van der Waals surface area contributed by atoms with Crippen LogP contribution in [0.15, 0.2) is 54.1 Å². The molecule has 2 aromatic carbocycles. The molecule has 0 bridgehead atoms. The lowest BCUT2D eigenvalue weighted by Gasteiger charge is -2.27. The molecule has 29 heavy (non-hydrogen) atoms. The number of benzene rings is 2. The van der Waals surface area contributed by atoms with Gasteiger partial charge in [-0.05, 0) is 68.7 Å². The number of methoxy groups -OCH3 is 1. The Balaban J connectivity index is 2.01. The highest BCUT2D eigenvalue weighted by atomic mass is 16.5. The quantitative estimate of drug-likeness (QED) is 0.503. The first-order chi connectivity index (χ1) is 13.8. The highest BCUT2D eigenvalue weighted by molar-refractivity contribution is 5.83. The summed E-state index contributed by atoms with van der Waals surface area (Å²) < 4.78 is 10.8. The summed E-state index contributed by atoms with van der Waals surface area (Å²) in [5, 5.41) is 6.95. The number of carbonyl (C=O) groups excluding carboxylic acids is 1. The molecular weight excluding hydrogens is 366 g/mol. The standard InChI is InChI=1S/C23H29N3O3/c1-7-29-20-12-11-17(13-21(20)28-6)15-24-26-22(27)25-23(4,5)19-10-8-9-18(14-19)16(2)3/h8-15H,2,7H2,1,3-6H3,(H2,25,26,27). The summed E-state index contributed by atoms with van der Waals surface area (Å²) in [4.78, 5) is 12.3. The molecule has 0 fully saturated rings. The van der Waals surface area contributed by atoms with Crippen molar-refractivity contribution in [2.24, 2.45) is 5.10 Å². The third kappa shape index (κ3) is 6.10. The minimum Gasteiger partial charge on any atom is -0.493 e. The minimum atomic E-state index is -0.576. The van der Waals surface area contributed by atoms with Gasteiger partial charge in [0, 0.05) is 0 Å². The Morgan fingerprint density at radius 3 is 2.62 bits per heavy atom. The number of ether oxygens (including phenoxy) is 2. The fraction of sp³-hybridized carbons (Fsp3) is 0.304. The van der Waals surface area contributed by atoms with Crippen molar-refractivity contribution in [3.8, 4) is 11.5 Å². The van der Waals surface area contributed by atoms with E-state index >= 15 is 0 Å². The van der Waals surface area contributed by atoms with Gasteiger partial charge in [-0.1, -0.05) is 30.4 Å². The van der Waals surface area contributed by atoms with Crippen LogP contribution in [0.3, 0.4) is 0 Å². The molecule has 0 aliphatic heterocycles. The van der Waals surface area contributed by atoms with E-state index in [0.717, 1.165) is 22.3 Å². The number of nitrogens with one attached hydrogen (secondary N) is 2. The number of hydrogen-bond donors (Lipinski definition) is 2. The average molecular weight is 396 g/mol. The zero-order chi connectivity index (χ0) is 21.4. The lowest BCUT2D eigenvalue weighted by atomic mass is 9.92. The predicted molar refractivity (Wildman–Crippen MR) is 118 cm³/mol. The van der Waals surface area contributed by atoms with Crippen LogP contribution in [-0.2, 0) is 5.54 Å². The van der Waals surface area contributed by atoms with Crippen molar-refractivity contribution in [2.75, 3.05) is 13.7 Å². The second-order valence-electron chi connectivity index (χ2n) is 7.15. The number of hydrogen-bond acceptors (Lipinski definition) is 4. The Morgan fingerprint density at radius 2 is 1.97 bits per heavy atom. The smallest absolute Gasteiger partial charge is 0.335 e. The number of amides is 2. The lowest BCUT2D eigenvalue weighted by molar-refractivity contribution is 0.230. The van der Waals surface area contributed by atoms with Gasteiger partial charge >= 0.3 is 6.03 Å². The van der Waals surface area contributed by atoms with Gasteiger partial charge in [-0.15, -0.1) is 0 Å². The van der Waals surface area contributed by atoms with Crippen LogP contribution in [0.2, 0.25) is 0 Å². The van der Waals surface area contributed by atoms with E-state index in [1.54, 1.807) is 25.5 Å². The summed E-state index contributed by atoms with van der Waals surface area (Å²) in [6.45, 7) is 12.3. The van der Waals surface area contributed by atoms with Crippen LogP contribution in [0.25, 0.3) is 5.57 Å². The summed E-state index contributed by atoms with van der Waals surface area (Å²) in [6, 6.07) is 13.0. The van der Waals surface area contributed by atoms with Crippen molar-refractivity contribution in [1.29, 1.82) is 0 Å². The van der Waals surface area contributed by atoms with E-state index < -0.39 is 11.6 Å². The molecule has 0 atom stereocenters. The van der Waals surface area contributed by atoms with Gasteiger partial charge < -0.3 is 14.8 Å². The fourth-order valence-corrected chi connectivity index (χ4v) is 2.76. The van der Waals surface area contributed by atoms with Crippen LogP contribution in [0.5, 0.6) is 11.5 Å². The molecule has 0 radical (unpaired) electrons.